The average Bonchev–Trinajstić information content (AvgIpc) is 3.29. The molecule has 128 valence electrons. The minimum atomic E-state index is -0.00552. The molecule has 1 amide bonds. The maximum Gasteiger partial charge on any atom is 0.227 e. The van der Waals surface area contributed by atoms with Crippen molar-refractivity contribution in [1.82, 2.24) is 9.88 Å². The van der Waals surface area contributed by atoms with E-state index < -0.39 is 0 Å². The summed E-state index contributed by atoms with van der Waals surface area (Å²) < 4.78 is 0. The summed E-state index contributed by atoms with van der Waals surface area (Å²) in [5.41, 5.74) is 2.77. The maximum absolute atomic E-state index is 12.9. The van der Waals surface area contributed by atoms with E-state index in [9.17, 15) is 10.1 Å². The van der Waals surface area contributed by atoms with Crippen molar-refractivity contribution < 1.29 is 4.79 Å². The number of pyridine rings is 1. The number of nitriles is 1. The zero-order valence-electron chi connectivity index (χ0n) is 14.2. The fraction of sp³-hybridized carbons (Fsp3) is 0.421. The van der Waals surface area contributed by atoms with E-state index in [1.165, 1.54) is 10.4 Å². The average molecular weight is 352 g/mol. The monoisotopic (exact) mass is 352 g/mol. The van der Waals surface area contributed by atoms with Gasteiger partial charge in [0.25, 0.3) is 0 Å². The Morgan fingerprint density at radius 1 is 1.36 bits per heavy atom. The molecule has 0 N–H and O–H groups in total. The maximum atomic E-state index is 12.9. The molecule has 0 saturated carbocycles. The van der Waals surface area contributed by atoms with Crippen molar-refractivity contribution in [2.45, 2.75) is 26.3 Å². The first kappa shape index (κ1) is 16.1. The van der Waals surface area contributed by atoms with E-state index in [1.807, 2.05) is 24.0 Å². The number of rotatable bonds is 2. The van der Waals surface area contributed by atoms with Crippen LogP contribution in [-0.4, -0.2) is 35.4 Å². The molecule has 1 unspecified atom stereocenters. The molecule has 0 spiro atoms. The zero-order valence-corrected chi connectivity index (χ0v) is 15.1. The van der Waals surface area contributed by atoms with Crippen LogP contribution in [0.4, 0.5) is 5.82 Å². The van der Waals surface area contributed by atoms with Crippen LogP contribution >= 0.6 is 11.3 Å². The number of aromatic nitrogens is 1. The Labute approximate surface area is 151 Å². The van der Waals surface area contributed by atoms with Crippen molar-refractivity contribution >= 4 is 23.1 Å². The van der Waals surface area contributed by atoms with Crippen LogP contribution in [0.5, 0.6) is 0 Å². The van der Waals surface area contributed by atoms with Gasteiger partial charge in [-0.3, -0.25) is 4.79 Å². The van der Waals surface area contributed by atoms with E-state index in [1.54, 1.807) is 11.3 Å². The number of carbonyl (C=O) groups is 1. The molecule has 0 radical (unpaired) electrons. The van der Waals surface area contributed by atoms with Gasteiger partial charge in [-0.2, -0.15) is 5.26 Å². The second-order valence-electron chi connectivity index (χ2n) is 6.75. The Morgan fingerprint density at radius 2 is 2.24 bits per heavy atom. The van der Waals surface area contributed by atoms with Gasteiger partial charge in [-0.25, -0.2) is 4.98 Å². The number of carbonyl (C=O) groups excluding carboxylic acids is 1. The number of fused-ring (bicyclic) bond motifs is 1. The summed E-state index contributed by atoms with van der Waals surface area (Å²) in [5, 5.41) is 11.4. The molecule has 2 aliphatic rings. The van der Waals surface area contributed by atoms with E-state index in [-0.39, 0.29) is 11.8 Å². The largest absolute Gasteiger partial charge is 0.355 e. The highest BCUT2D eigenvalue weighted by Crippen LogP contribution is 2.29. The lowest BCUT2D eigenvalue weighted by molar-refractivity contribution is -0.135. The van der Waals surface area contributed by atoms with Crippen molar-refractivity contribution in [1.29, 1.82) is 5.26 Å². The van der Waals surface area contributed by atoms with Crippen LogP contribution in [0.2, 0.25) is 0 Å². The van der Waals surface area contributed by atoms with Crippen LogP contribution in [0.3, 0.4) is 0 Å². The van der Waals surface area contributed by atoms with Crippen LogP contribution in [-0.2, 0) is 17.8 Å². The SMILES string of the molecule is Cc1ccc(C#N)c(N2CCC(C(=O)N3CCc4sccc4C3)C2)n1. The minimum Gasteiger partial charge on any atom is -0.355 e. The standard InChI is InChI=1S/C19H20N4OS/c1-13-2-3-14(10-20)18(21-13)22-7-4-16(12-22)19(24)23-8-5-17-15(11-23)6-9-25-17/h2-3,6,9,16H,4-5,7-8,11-12H2,1H3. The number of hydrogen-bond acceptors (Lipinski definition) is 5. The molecule has 6 heteroatoms. The van der Waals surface area contributed by atoms with E-state index in [0.717, 1.165) is 44.0 Å². The van der Waals surface area contributed by atoms with Crippen molar-refractivity contribution in [2.24, 2.45) is 5.92 Å². The number of hydrogen-bond donors (Lipinski definition) is 0. The Kier molecular flexibility index (Phi) is 4.18. The molecule has 0 bridgehead atoms. The summed E-state index contributed by atoms with van der Waals surface area (Å²) in [6.07, 6.45) is 1.79. The van der Waals surface area contributed by atoms with Crippen molar-refractivity contribution in [3.05, 3.63) is 45.3 Å². The molecule has 4 heterocycles. The zero-order chi connectivity index (χ0) is 17.4. The Hall–Kier alpha value is -2.39. The molecule has 0 aromatic carbocycles. The lowest BCUT2D eigenvalue weighted by atomic mass is 10.0. The Balaban J connectivity index is 1.47. The molecule has 0 aliphatic carbocycles. The van der Waals surface area contributed by atoms with Gasteiger partial charge in [0, 0.05) is 36.8 Å². The van der Waals surface area contributed by atoms with Gasteiger partial charge in [0.05, 0.1) is 11.5 Å². The number of nitrogens with zero attached hydrogens (tertiary/aromatic N) is 4. The van der Waals surface area contributed by atoms with Gasteiger partial charge in [0.2, 0.25) is 5.91 Å². The number of anilines is 1. The number of amides is 1. The van der Waals surface area contributed by atoms with Crippen LogP contribution < -0.4 is 4.90 Å². The fourth-order valence-corrected chi connectivity index (χ4v) is 4.61. The predicted octanol–water partition coefficient (Wildman–Crippen LogP) is 2.73. The van der Waals surface area contributed by atoms with Gasteiger partial charge in [-0.05, 0) is 48.9 Å². The van der Waals surface area contributed by atoms with Crippen molar-refractivity contribution in [3.63, 3.8) is 0 Å². The molecule has 2 aliphatic heterocycles. The quantitative estimate of drug-likeness (QED) is 0.834. The molecular formula is C19H20N4OS. The minimum absolute atomic E-state index is 0.00552. The molecule has 1 fully saturated rings. The third-order valence-corrected chi connectivity index (χ3v) is 6.11. The van der Waals surface area contributed by atoms with E-state index in [0.29, 0.717) is 12.1 Å². The molecule has 2 aromatic rings. The van der Waals surface area contributed by atoms with Gasteiger partial charge >= 0.3 is 0 Å². The third kappa shape index (κ3) is 3.00. The van der Waals surface area contributed by atoms with Gasteiger partial charge in [-0.1, -0.05) is 0 Å². The molecule has 4 rings (SSSR count). The smallest absolute Gasteiger partial charge is 0.227 e. The predicted molar refractivity (Wildman–Crippen MR) is 97.4 cm³/mol. The summed E-state index contributed by atoms with van der Waals surface area (Å²) in [4.78, 5) is 23.0. The normalized spacial score (nSPS) is 19.6. The molecule has 1 atom stereocenters. The fourth-order valence-electron chi connectivity index (χ4n) is 3.72. The van der Waals surface area contributed by atoms with Crippen LogP contribution in [0.15, 0.2) is 23.6 Å². The van der Waals surface area contributed by atoms with Gasteiger partial charge < -0.3 is 9.80 Å². The summed E-state index contributed by atoms with van der Waals surface area (Å²) in [5.74, 6) is 0.955. The highest BCUT2D eigenvalue weighted by Gasteiger charge is 2.34. The first-order chi connectivity index (χ1) is 12.2. The second kappa shape index (κ2) is 6.49. The molecule has 5 nitrogen and oxygen atoms in total. The third-order valence-electron chi connectivity index (χ3n) is 5.09. The van der Waals surface area contributed by atoms with Crippen molar-refractivity contribution in [2.75, 3.05) is 24.5 Å². The summed E-state index contributed by atoms with van der Waals surface area (Å²) >= 11 is 1.79. The summed E-state index contributed by atoms with van der Waals surface area (Å²) in [6, 6.07) is 8.02. The van der Waals surface area contributed by atoms with E-state index in [2.05, 4.69) is 27.4 Å². The number of thiophene rings is 1. The lowest BCUT2D eigenvalue weighted by Gasteiger charge is -2.29. The van der Waals surface area contributed by atoms with Gasteiger partial charge in [0.15, 0.2) is 0 Å². The second-order valence-corrected chi connectivity index (χ2v) is 7.75. The molecular weight excluding hydrogens is 332 g/mol. The van der Waals surface area contributed by atoms with E-state index >= 15 is 0 Å². The van der Waals surface area contributed by atoms with Gasteiger partial charge in [0.1, 0.15) is 11.9 Å². The summed E-state index contributed by atoms with van der Waals surface area (Å²) in [7, 11) is 0. The van der Waals surface area contributed by atoms with Crippen LogP contribution in [0, 0.1) is 24.2 Å². The lowest BCUT2D eigenvalue weighted by Crippen LogP contribution is -2.40. The van der Waals surface area contributed by atoms with Gasteiger partial charge in [-0.15, -0.1) is 11.3 Å². The molecule has 2 aromatic heterocycles. The topological polar surface area (TPSA) is 60.2 Å². The molecule has 25 heavy (non-hydrogen) atoms. The number of aryl methyl sites for hydroxylation is 1. The first-order valence-corrected chi connectivity index (χ1v) is 9.50. The van der Waals surface area contributed by atoms with Crippen molar-refractivity contribution in [3.8, 4) is 6.07 Å². The Morgan fingerprint density at radius 3 is 3.08 bits per heavy atom. The van der Waals surface area contributed by atoms with Crippen LogP contribution in [0.1, 0.15) is 28.1 Å². The first-order valence-electron chi connectivity index (χ1n) is 8.62. The van der Waals surface area contributed by atoms with E-state index in [4.69, 9.17) is 0 Å². The highest BCUT2D eigenvalue weighted by molar-refractivity contribution is 7.10. The van der Waals surface area contributed by atoms with Crippen LogP contribution in [0.25, 0.3) is 0 Å². The summed E-state index contributed by atoms with van der Waals surface area (Å²) in [6.45, 7) is 4.90. The molecule has 1 saturated heterocycles. The highest BCUT2D eigenvalue weighted by atomic mass is 32.1. The Bertz CT molecular complexity index is 853.